The number of carbonyl (C=O) groups is 1. The summed E-state index contributed by atoms with van der Waals surface area (Å²) in [5, 5.41) is 10.9. The molecule has 0 bridgehead atoms. The van der Waals surface area contributed by atoms with Crippen LogP contribution in [0, 0.1) is 17.0 Å². The fourth-order valence-electron chi connectivity index (χ4n) is 3.88. The summed E-state index contributed by atoms with van der Waals surface area (Å²) in [6, 6.07) is 8.47. The Hall–Kier alpha value is -2.45. The number of benzene rings is 1. The van der Waals surface area contributed by atoms with Crippen LogP contribution in [0.15, 0.2) is 39.7 Å². The van der Waals surface area contributed by atoms with Gasteiger partial charge in [-0.25, -0.2) is 0 Å². The number of hydrogen-bond acceptors (Lipinski definition) is 6. The van der Waals surface area contributed by atoms with Crippen LogP contribution in [0.1, 0.15) is 43.4 Å². The Morgan fingerprint density at radius 3 is 2.69 bits per heavy atom. The molecular weight excluding hydrogens is 408 g/mol. The highest BCUT2D eigenvalue weighted by molar-refractivity contribution is 8.26. The van der Waals surface area contributed by atoms with E-state index in [0.717, 1.165) is 36.8 Å². The Bertz CT molecular complexity index is 1020. The zero-order chi connectivity index (χ0) is 20.5. The lowest BCUT2D eigenvalue weighted by molar-refractivity contribution is -0.384. The molecule has 1 aromatic carbocycles. The molecule has 0 unspecified atom stereocenters. The van der Waals surface area contributed by atoms with E-state index in [0.29, 0.717) is 20.7 Å². The van der Waals surface area contributed by atoms with Crippen molar-refractivity contribution in [3.05, 3.63) is 56.7 Å². The molecule has 4 rings (SSSR count). The average Bonchev–Trinajstić information content (AvgIpc) is 3.27. The standard InChI is InChI=1S/C21H20N2O4S2/c1-13-11-15(23(25)26)7-9-17(13)18-10-8-16(27-18)12-19-20(24)22(21(28)29-19)14-5-3-2-4-6-14/h7-12,14H,2-6H2,1H3/b19-12-. The van der Waals surface area contributed by atoms with E-state index in [2.05, 4.69) is 0 Å². The van der Waals surface area contributed by atoms with Crippen molar-refractivity contribution in [3.63, 3.8) is 0 Å². The monoisotopic (exact) mass is 428 g/mol. The fourth-order valence-corrected chi connectivity index (χ4v) is 5.26. The van der Waals surface area contributed by atoms with Crippen LogP contribution in [0.4, 0.5) is 5.69 Å². The first-order chi connectivity index (χ1) is 13.9. The van der Waals surface area contributed by atoms with E-state index >= 15 is 0 Å². The minimum Gasteiger partial charge on any atom is -0.457 e. The molecule has 1 saturated heterocycles. The molecule has 0 atom stereocenters. The third kappa shape index (κ3) is 4.00. The maximum Gasteiger partial charge on any atom is 0.269 e. The van der Waals surface area contributed by atoms with Gasteiger partial charge in [0.15, 0.2) is 0 Å². The second kappa shape index (κ2) is 8.12. The van der Waals surface area contributed by atoms with Crippen molar-refractivity contribution in [1.82, 2.24) is 4.90 Å². The van der Waals surface area contributed by atoms with Gasteiger partial charge in [-0.05, 0) is 43.5 Å². The van der Waals surface area contributed by atoms with E-state index < -0.39 is 4.92 Å². The first kappa shape index (κ1) is 19.8. The smallest absolute Gasteiger partial charge is 0.269 e. The van der Waals surface area contributed by atoms with Crippen LogP contribution >= 0.6 is 24.0 Å². The van der Waals surface area contributed by atoms with E-state index in [-0.39, 0.29) is 17.6 Å². The quantitative estimate of drug-likeness (QED) is 0.269. The summed E-state index contributed by atoms with van der Waals surface area (Å²) in [4.78, 5) is 25.7. The maximum absolute atomic E-state index is 12.9. The first-order valence-corrected chi connectivity index (χ1v) is 10.8. The molecule has 1 aliphatic heterocycles. The Morgan fingerprint density at radius 1 is 1.24 bits per heavy atom. The number of thioether (sulfide) groups is 1. The Kier molecular flexibility index (Phi) is 5.56. The van der Waals surface area contributed by atoms with Gasteiger partial charge in [-0.15, -0.1) is 0 Å². The van der Waals surface area contributed by atoms with E-state index in [1.807, 2.05) is 6.07 Å². The molecule has 29 heavy (non-hydrogen) atoms. The highest BCUT2D eigenvalue weighted by Crippen LogP contribution is 2.38. The minimum absolute atomic E-state index is 0.0450. The van der Waals surface area contributed by atoms with Crippen molar-refractivity contribution in [3.8, 4) is 11.3 Å². The predicted molar refractivity (Wildman–Crippen MR) is 117 cm³/mol. The third-order valence-electron chi connectivity index (χ3n) is 5.35. The molecule has 2 fully saturated rings. The van der Waals surface area contributed by atoms with Gasteiger partial charge in [0, 0.05) is 29.8 Å². The normalized spacial score (nSPS) is 19.3. The van der Waals surface area contributed by atoms with Crippen molar-refractivity contribution in [2.24, 2.45) is 0 Å². The van der Waals surface area contributed by atoms with E-state index in [1.165, 1.54) is 30.3 Å². The number of furan rings is 1. The van der Waals surface area contributed by atoms with Gasteiger partial charge in [-0.2, -0.15) is 0 Å². The van der Waals surface area contributed by atoms with Gasteiger partial charge in [0.2, 0.25) is 0 Å². The fraction of sp³-hybridized carbons (Fsp3) is 0.333. The van der Waals surface area contributed by atoms with E-state index in [1.54, 1.807) is 30.0 Å². The molecule has 6 nitrogen and oxygen atoms in total. The number of nitrogens with zero attached hydrogens (tertiary/aromatic N) is 2. The second-order valence-corrected chi connectivity index (χ2v) is 8.98. The minimum atomic E-state index is -0.418. The SMILES string of the molecule is Cc1cc([N+](=O)[O-])ccc1-c1ccc(/C=C2\SC(=S)N(C3CCCCC3)C2=O)o1. The number of amides is 1. The number of carbonyl (C=O) groups excluding carboxylic acids is 1. The zero-order valence-electron chi connectivity index (χ0n) is 15.9. The Labute approximate surface area is 178 Å². The highest BCUT2D eigenvalue weighted by atomic mass is 32.2. The number of nitro benzene ring substituents is 1. The van der Waals surface area contributed by atoms with Crippen LogP contribution in [0.25, 0.3) is 17.4 Å². The zero-order valence-corrected chi connectivity index (χ0v) is 17.6. The van der Waals surface area contributed by atoms with Gasteiger partial charge >= 0.3 is 0 Å². The molecule has 1 saturated carbocycles. The molecule has 2 aliphatic rings. The van der Waals surface area contributed by atoms with Crippen LogP contribution in [0.5, 0.6) is 0 Å². The van der Waals surface area contributed by atoms with Gasteiger partial charge in [-0.3, -0.25) is 19.8 Å². The van der Waals surface area contributed by atoms with Crippen LogP contribution in [0.2, 0.25) is 0 Å². The number of nitro groups is 1. The lowest BCUT2D eigenvalue weighted by atomic mass is 9.94. The summed E-state index contributed by atoms with van der Waals surface area (Å²) in [6.07, 6.45) is 7.23. The van der Waals surface area contributed by atoms with Crippen molar-refractivity contribution in [1.29, 1.82) is 0 Å². The van der Waals surface area contributed by atoms with E-state index in [4.69, 9.17) is 16.6 Å². The largest absolute Gasteiger partial charge is 0.457 e. The van der Waals surface area contributed by atoms with Gasteiger partial charge < -0.3 is 4.42 Å². The molecular formula is C21H20N2O4S2. The number of hydrogen-bond donors (Lipinski definition) is 0. The summed E-state index contributed by atoms with van der Waals surface area (Å²) < 4.78 is 6.52. The average molecular weight is 429 g/mol. The Balaban J connectivity index is 1.56. The van der Waals surface area contributed by atoms with Crippen LogP contribution in [0.3, 0.4) is 0 Å². The van der Waals surface area contributed by atoms with Crippen molar-refractivity contribution in [2.75, 3.05) is 0 Å². The van der Waals surface area contributed by atoms with Crippen LogP contribution in [-0.4, -0.2) is 26.1 Å². The summed E-state index contributed by atoms with van der Waals surface area (Å²) in [6.45, 7) is 1.81. The number of non-ortho nitro benzene ring substituents is 1. The molecule has 2 heterocycles. The van der Waals surface area contributed by atoms with Gasteiger partial charge in [-0.1, -0.05) is 43.2 Å². The molecule has 150 valence electrons. The molecule has 1 aromatic heterocycles. The number of aryl methyl sites for hydroxylation is 1. The van der Waals surface area contributed by atoms with Crippen molar-refractivity contribution >= 4 is 46.0 Å². The van der Waals surface area contributed by atoms with Crippen LogP contribution in [-0.2, 0) is 4.79 Å². The summed E-state index contributed by atoms with van der Waals surface area (Å²) in [5.74, 6) is 1.12. The molecule has 0 spiro atoms. The summed E-state index contributed by atoms with van der Waals surface area (Å²) in [5.41, 5.74) is 1.58. The number of rotatable bonds is 4. The molecule has 1 amide bonds. The summed E-state index contributed by atoms with van der Waals surface area (Å²) >= 11 is 6.78. The predicted octanol–water partition coefficient (Wildman–Crippen LogP) is 5.70. The molecule has 8 heteroatoms. The summed E-state index contributed by atoms with van der Waals surface area (Å²) in [7, 11) is 0. The Morgan fingerprint density at radius 2 is 2.00 bits per heavy atom. The highest BCUT2D eigenvalue weighted by Gasteiger charge is 2.37. The van der Waals surface area contributed by atoms with E-state index in [9.17, 15) is 14.9 Å². The van der Waals surface area contributed by atoms with Crippen molar-refractivity contribution in [2.45, 2.75) is 45.1 Å². The third-order valence-corrected chi connectivity index (χ3v) is 6.68. The maximum atomic E-state index is 12.9. The van der Waals surface area contributed by atoms with Crippen LogP contribution < -0.4 is 0 Å². The second-order valence-electron chi connectivity index (χ2n) is 7.30. The van der Waals surface area contributed by atoms with Crippen molar-refractivity contribution < 1.29 is 14.1 Å². The lowest BCUT2D eigenvalue weighted by Crippen LogP contribution is -2.39. The molecule has 0 N–H and O–H groups in total. The molecule has 0 radical (unpaired) electrons. The molecule has 2 aromatic rings. The van der Waals surface area contributed by atoms with Gasteiger partial charge in [0.1, 0.15) is 15.8 Å². The van der Waals surface area contributed by atoms with Gasteiger partial charge in [0.25, 0.3) is 11.6 Å². The first-order valence-electron chi connectivity index (χ1n) is 9.56. The molecule has 1 aliphatic carbocycles. The topological polar surface area (TPSA) is 76.6 Å². The van der Waals surface area contributed by atoms with Gasteiger partial charge in [0.05, 0.1) is 9.83 Å². The number of thiocarbonyl (C=S) groups is 1. The lowest BCUT2D eigenvalue weighted by Gasteiger charge is -2.29.